The molecule has 2 aromatic heterocycles. The Labute approximate surface area is 157 Å². The highest BCUT2D eigenvalue weighted by molar-refractivity contribution is 7.11. The van der Waals surface area contributed by atoms with Crippen molar-refractivity contribution in [2.24, 2.45) is 0 Å². The minimum atomic E-state index is -0.609. The van der Waals surface area contributed by atoms with Crippen LogP contribution in [0.15, 0.2) is 17.0 Å². The van der Waals surface area contributed by atoms with Gasteiger partial charge in [0.15, 0.2) is 10.8 Å². The van der Waals surface area contributed by atoms with E-state index in [0.717, 1.165) is 10.4 Å². The number of thiophene rings is 1. The molecule has 4 heterocycles. The highest BCUT2D eigenvalue weighted by atomic mass is 32.1. The molecule has 2 aromatic rings. The Morgan fingerprint density at radius 1 is 1.31 bits per heavy atom. The topological polar surface area (TPSA) is 96.4 Å². The maximum atomic E-state index is 12.7. The Kier molecular flexibility index (Phi) is 4.41. The third kappa shape index (κ3) is 2.97. The number of hydrogen-bond donors (Lipinski definition) is 1. The van der Waals surface area contributed by atoms with Crippen molar-refractivity contribution >= 4 is 46.2 Å². The van der Waals surface area contributed by atoms with Crippen LogP contribution in [0.3, 0.4) is 0 Å². The lowest BCUT2D eigenvalue weighted by atomic mass is 10.0. The summed E-state index contributed by atoms with van der Waals surface area (Å²) in [5.74, 6) is -0.894. The molecule has 1 saturated heterocycles. The summed E-state index contributed by atoms with van der Waals surface area (Å²) < 4.78 is 0. The monoisotopic (exact) mass is 389 g/mol. The molecule has 7 nitrogen and oxygen atoms in total. The van der Waals surface area contributed by atoms with Crippen LogP contribution in [-0.2, 0) is 22.6 Å². The highest BCUT2D eigenvalue weighted by Gasteiger charge is 2.40. The number of nitrogens with one attached hydrogen (secondary N) is 1. The van der Waals surface area contributed by atoms with Gasteiger partial charge in [0.25, 0.3) is 5.91 Å². The van der Waals surface area contributed by atoms with Crippen LogP contribution < -0.4 is 5.32 Å². The van der Waals surface area contributed by atoms with Gasteiger partial charge in [-0.15, -0.1) is 22.7 Å². The number of aryl methyl sites for hydroxylation is 1. The quantitative estimate of drug-likeness (QED) is 0.621. The number of amides is 3. The predicted molar refractivity (Wildman–Crippen MR) is 95.1 cm³/mol. The molecule has 4 rings (SSSR count). The van der Waals surface area contributed by atoms with Crippen molar-refractivity contribution in [3.8, 4) is 0 Å². The molecule has 0 saturated carbocycles. The first-order valence-corrected chi connectivity index (χ1v) is 9.97. The summed E-state index contributed by atoms with van der Waals surface area (Å²) in [7, 11) is 0. The number of nitrogens with zero attached hydrogens (tertiary/aromatic N) is 2. The lowest BCUT2D eigenvalue weighted by molar-refractivity contribution is -0.136. The van der Waals surface area contributed by atoms with Gasteiger partial charge in [-0.3, -0.25) is 24.5 Å². The Morgan fingerprint density at radius 3 is 2.88 bits per heavy atom. The van der Waals surface area contributed by atoms with Crippen LogP contribution in [0, 0.1) is 0 Å². The van der Waals surface area contributed by atoms with Crippen LogP contribution in [0.1, 0.15) is 49.9 Å². The molecule has 26 heavy (non-hydrogen) atoms. The molecule has 1 unspecified atom stereocenters. The average Bonchev–Trinajstić information content (AvgIpc) is 3.32. The zero-order valence-electron chi connectivity index (χ0n) is 13.7. The van der Waals surface area contributed by atoms with E-state index in [9.17, 15) is 19.2 Å². The molecule has 0 bridgehead atoms. The summed E-state index contributed by atoms with van der Waals surface area (Å²) in [5, 5.41) is 6.36. The molecule has 2 aliphatic rings. The number of ketones is 1. The van der Waals surface area contributed by atoms with Gasteiger partial charge in [-0.25, -0.2) is 4.98 Å². The average molecular weight is 389 g/mol. The van der Waals surface area contributed by atoms with Gasteiger partial charge in [-0.05, 0) is 18.4 Å². The van der Waals surface area contributed by atoms with Gasteiger partial charge < -0.3 is 4.90 Å². The summed E-state index contributed by atoms with van der Waals surface area (Å²) in [5.41, 5.74) is 1.51. The molecule has 9 heteroatoms. The van der Waals surface area contributed by atoms with E-state index in [2.05, 4.69) is 10.3 Å². The number of Topliss-reactive ketones (excluding diaryl/α,β-unsaturated/α-hetero) is 1. The maximum Gasteiger partial charge on any atom is 0.256 e. The molecular formula is C17H15N3O4S2. The summed E-state index contributed by atoms with van der Waals surface area (Å²) in [4.78, 5) is 54.7. The first-order valence-electron chi connectivity index (χ1n) is 8.21. The van der Waals surface area contributed by atoms with Crippen LogP contribution in [0.25, 0.3) is 0 Å². The molecule has 134 valence electrons. The number of fused-ring (bicyclic) bond motifs is 1. The van der Waals surface area contributed by atoms with Gasteiger partial charge in [0.1, 0.15) is 6.04 Å². The Balaban J connectivity index is 1.46. The number of rotatable bonds is 5. The summed E-state index contributed by atoms with van der Waals surface area (Å²) in [6, 6.07) is -0.609. The molecule has 0 aliphatic carbocycles. The van der Waals surface area contributed by atoms with Gasteiger partial charge in [0.05, 0.1) is 5.56 Å². The molecule has 0 radical (unpaired) electrons. The van der Waals surface area contributed by atoms with Crippen molar-refractivity contribution in [2.75, 3.05) is 0 Å². The van der Waals surface area contributed by atoms with Crippen LogP contribution >= 0.6 is 22.7 Å². The Bertz CT molecular complexity index is 903. The largest absolute Gasteiger partial charge is 0.322 e. The van der Waals surface area contributed by atoms with E-state index in [1.807, 2.05) is 0 Å². The molecule has 1 N–H and O–H groups in total. The van der Waals surface area contributed by atoms with Gasteiger partial charge in [0.2, 0.25) is 11.8 Å². The van der Waals surface area contributed by atoms with Crippen molar-refractivity contribution < 1.29 is 19.2 Å². The van der Waals surface area contributed by atoms with Crippen molar-refractivity contribution in [3.63, 3.8) is 0 Å². The van der Waals surface area contributed by atoms with E-state index in [1.54, 1.807) is 17.0 Å². The lowest BCUT2D eigenvalue weighted by Crippen LogP contribution is -2.52. The Morgan fingerprint density at radius 2 is 2.15 bits per heavy atom. The molecule has 0 aromatic carbocycles. The van der Waals surface area contributed by atoms with E-state index in [-0.39, 0.29) is 24.0 Å². The Hall–Kier alpha value is -2.39. The first kappa shape index (κ1) is 17.0. The minimum Gasteiger partial charge on any atom is -0.322 e. The van der Waals surface area contributed by atoms with E-state index in [1.165, 1.54) is 27.6 Å². The van der Waals surface area contributed by atoms with Crippen molar-refractivity contribution in [1.29, 1.82) is 0 Å². The zero-order chi connectivity index (χ0) is 18.3. The van der Waals surface area contributed by atoms with Crippen molar-refractivity contribution in [2.45, 2.75) is 38.3 Å². The summed E-state index contributed by atoms with van der Waals surface area (Å²) >= 11 is 2.80. The molecule has 0 spiro atoms. The third-order valence-electron chi connectivity index (χ3n) is 4.64. The van der Waals surface area contributed by atoms with E-state index in [0.29, 0.717) is 36.4 Å². The summed E-state index contributed by atoms with van der Waals surface area (Å²) in [6.07, 6.45) is 3.09. The number of piperidine rings is 1. The van der Waals surface area contributed by atoms with E-state index >= 15 is 0 Å². The summed E-state index contributed by atoms with van der Waals surface area (Å²) in [6.45, 7) is 0.352. The third-order valence-corrected chi connectivity index (χ3v) is 6.54. The SMILES string of the molecule is O=C1CCC(N2Cc3c(csc3CCC(=O)c3nccs3)C2=O)C(=O)N1. The standard InChI is InChI=1S/C17H15N3O4S2/c21-12(16-18-5-6-25-16)2-3-13-9-7-20(17(24)10(9)8-26-13)11-1-4-14(22)19-15(11)23/h5-6,8,11H,1-4,7H2,(H,19,22,23). The fourth-order valence-electron chi connectivity index (χ4n) is 3.31. The van der Waals surface area contributed by atoms with Crippen LogP contribution in [0.2, 0.25) is 0 Å². The normalized spacial score (nSPS) is 19.6. The van der Waals surface area contributed by atoms with Gasteiger partial charge in [-0.1, -0.05) is 0 Å². The maximum absolute atomic E-state index is 12.7. The molecule has 1 atom stereocenters. The van der Waals surface area contributed by atoms with Gasteiger partial charge in [0, 0.05) is 41.2 Å². The molecule has 3 amide bonds. The number of carbonyl (C=O) groups excluding carboxylic acids is 4. The van der Waals surface area contributed by atoms with Crippen molar-refractivity contribution in [3.05, 3.63) is 38.0 Å². The smallest absolute Gasteiger partial charge is 0.256 e. The van der Waals surface area contributed by atoms with Gasteiger partial charge in [-0.2, -0.15) is 0 Å². The minimum absolute atomic E-state index is 0.00602. The molecule has 1 fully saturated rings. The highest BCUT2D eigenvalue weighted by Crippen LogP contribution is 2.34. The second-order valence-electron chi connectivity index (χ2n) is 6.21. The molecule has 2 aliphatic heterocycles. The second kappa shape index (κ2) is 6.73. The number of carbonyl (C=O) groups is 4. The first-order chi connectivity index (χ1) is 12.5. The lowest BCUT2D eigenvalue weighted by Gasteiger charge is -2.29. The zero-order valence-corrected chi connectivity index (χ0v) is 15.3. The second-order valence-corrected chi connectivity index (χ2v) is 8.07. The number of aromatic nitrogens is 1. The van der Waals surface area contributed by atoms with E-state index in [4.69, 9.17) is 0 Å². The number of imide groups is 1. The van der Waals surface area contributed by atoms with Crippen molar-refractivity contribution in [1.82, 2.24) is 15.2 Å². The van der Waals surface area contributed by atoms with Crippen LogP contribution in [0.4, 0.5) is 0 Å². The fraction of sp³-hybridized carbons (Fsp3) is 0.353. The van der Waals surface area contributed by atoms with Gasteiger partial charge >= 0.3 is 0 Å². The fourth-order valence-corrected chi connectivity index (χ4v) is 4.95. The van der Waals surface area contributed by atoms with E-state index < -0.39 is 11.9 Å². The molecular weight excluding hydrogens is 374 g/mol. The van der Waals surface area contributed by atoms with Crippen LogP contribution in [-0.4, -0.2) is 39.4 Å². The number of hydrogen-bond acceptors (Lipinski definition) is 7. The van der Waals surface area contributed by atoms with Crippen LogP contribution in [0.5, 0.6) is 0 Å². The number of thiazole rings is 1. The predicted octanol–water partition coefficient (Wildman–Crippen LogP) is 1.78.